The summed E-state index contributed by atoms with van der Waals surface area (Å²) in [6.07, 6.45) is 0. The van der Waals surface area contributed by atoms with Crippen molar-refractivity contribution < 1.29 is 17.9 Å². The minimum absolute atomic E-state index is 0.164. The van der Waals surface area contributed by atoms with Gasteiger partial charge in [-0.1, -0.05) is 30.3 Å². The van der Waals surface area contributed by atoms with Gasteiger partial charge in [-0.25, -0.2) is 13.2 Å². The first kappa shape index (κ1) is 16.0. The standard InChI is InChI=1S/C16H17NO4S/c1-12-5-3-4-6-15(12)17-22(19,20)11-13-7-9-14(10-8-13)16(18)21-2/h3-10,17H,11H2,1-2H3. The second-order valence-corrected chi connectivity index (χ2v) is 6.59. The molecular formula is C16H17NO4S. The van der Waals surface area contributed by atoms with E-state index in [-0.39, 0.29) is 5.75 Å². The van der Waals surface area contributed by atoms with Crippen molar-refractivity contribution in [1.29, 1.82) is 0 Å². The molecule has 2 aromatic carbocycles. The highest BCUT2D eigenvalue weighted by molar-refractivity contribution is 7.91. The lowest BCUT2D eigenvalue weighted by Crippen LogP contribution is -2.15. The van der Waals surface area contributed by atoms with E-state index in [1.165, 1.54) is 7.11 Å². The third kappa shape index (κ3) is 4.08. The summed E-state index contributed by atoms with van der Waals surface area (Å²) >= 11 is 0. The van der Waals surface area contributed by atoms with Gasteiger partial charge in [0.1, 0.15) is 0 Å². The summed E-state index contributed by atoms with van der Waals surface area (Å²) in [5.74, 6) is -0.615. The molecular weight excluding hydrogens is 302 g/mol. The molecule has 2 rings (SSSR count). The van der Waals surface area contributed by atoms with E-state index in [0.29, 0.717) is 16.8 Å². The Kier molecular flexibility index (Phi) is 4.82. The lowest BCUT2D eigenvalue weighted by atomic mass is 10.1. The fourth-order valence-corrected chi connectivity index (χ4v) is 3.23. The summed E-state index contributed by atoms with van der Waals surface area (Å²) in [6, 6.07) is 13.5. The third-order valence-corrected chi connectivity index (χ3v) is 4.39. The lowest BCUT2D eigenvalue weighted by Gasteiger charge is -2.10. The van der Waals surface area contributed by atoms with Gasteiger partial charge in [0.2, 0.25) is 10.0 Å². The number of carbonyl (C=O) groups is 1. The van der Waals surface area contributed by atoms with Crippen LogP contribution in [0.15, 0.2) is 48.5 Å². The first-order valence-electron chi connectivity index (χ1n) is 6.64. The molecule has 0 saturated carbocycles. The molecule has 2 aromatic rings. The van der Waals surface area contributed by atoms with Crippen molar-refractivity contribution >= 4 is 21.7 Å². The number of benzene rings is 2. The first-order valence-corrected chi connectivity index (χ1v) is 8.30. The lowest BCUT2D eigenvalue weighted by molar-refractivity contribution is 0.0600. The predicted molar refractivity (Wildman–Crippen MR) is 85.2 cm³/mol. The minimum atomic E-state index is -3.52. The second kappa shape index (κ2) is 6.62. The van der Waals surface area contributed by atoms with Crippen LogP contribution in [0.25, 0.3) is 0 Å². The van der Waals surface area contributed by atoms with Crippen molar-refractivity contribution in [2.24, 2.45) is 0 Å². The summed E-state index contributed by atoms with van der Waals surface area (Å²) < 4.78 is 31.6. The van der Waals surface area contributed by atoms with Crippen molar-refractivity contribution in [2.45, 2.75) is 12.7 Å². The Hall–Kier alpha value is -2.34. The normalized spacial score (nSPS) is 11.0. The average molecular weight is 319 g/mol. The van der Waals surface area contributed by atoms with Crippen molar-refractivity contribution in [3.05, 3.63) is 65.2 Å². The van der Waals surface area contributed by atoms with Gasteiger partial charge in [-0.15, -0.1) is 0 Å². The summed E-state index contributed by atoms with van der Waals surface area (Å²) in [7, 11) is -2.22. The number of para-hydroxylation sites is 1. The van der Waals surface area contributed by atoms with E-state index in [4.69, 9.17) is 0 Å². The van der Waals surface area contributed by atoms with Crippen molar-refractivity contribution in [3.8, 4) is 0 Å². The van der Waals surface area contributed by atoms with E-state index < -0.39 is 16.0 Å². The molecule has 0 spiro atoms. The monoisotopic (exact) mass is 319 g/mol. The van der Waals surface area contributed by atoms with Crippen LogP contribution in [0.4, 0.5) is 5.69 Å². The van der Waals surface area contributed by atoms with Gasteiger partial charge < -0.3 is 4.74 Å². The van der Waals surface area contributed by atoms with E-state index in [2.05, 4.69) is 9.46 Å². The number of aryl methyl sites for hydroxylation is 1. The molecule has 0 aliphatic heterocycles. The number of esters is 1. The highest BCUT2D eigenvalue weighted by Crippen LogP contribution is 2.17. The fraction of sp³-hybridized carbons (Fsp3) is 0.188. The molecule has 22 heavy (non-hydrogen) atoms. The molecule has 1 N–H and O–H groups in total. The van der Waals surface area contributed by atoms with Crippen LogP contribution in [0, 0.1) is 6.92 Å². The van der Waals surface area contributed by atoms with Crippen LogP contribution in [0.2, 0.25) is 0 Å². The number of nitrogens with one attached hydrogen (secondary N) is 1. The molecule has 0 aromatic heterocycles. The summed E-state index contributed by atoms with van der Waals surface area (Å²) in [5.41, 5.74) is 2.39. The van der Waals surface area contributed by atoms with Crippen molar-refractivity contribution in [1.82, 2.24) is 0 Å². The average Bonchev–Trinajstić information content (AvgIpc) is 2.49. The number of hydrogen-bond acceptors (Lipinski definition) is 4. The van der Waals surface area contributed by atoms with Gasteiger partial charge >= 0.3 is 5.97 Å². The van der Waals surface area contributed by atoms with Crippen LogP contribution >= 0.6 is 0 Å². The van der Waals surface area contributed by atoms with Crippen LogP contribution in [-0.2, 0) is 20.5 Å². The Morgan fingerprint density at radius 2 is 1.73 bits per heavy atom. The highest BCUT2D eigenvalue weighted by atomic mass is 32.2. The SMILES string of the molecule is COC(=O)c1ccc(CS(=O)(=O)Nc2ccccc2C)cc1. The molecule has 116 valence electrons. The number of ether oxygens (including phenoxy) is 1. The molecule has 0 fully saturated rings. The molecule has 0 radical (unpaired) electrons. The van der Waals surface area contributed by atoms with Crippen LogP contribution in [0.3, 0.4) is 0 Å². The Labute approximate surface area is 130 Å². The molecule has 0 unspecified atom stereocenters. The quantitative estimate of drug-likeness (QED) is 0.860. The number of methoxy groups -OCH3 is 1. The third-order valence-electron chi connectivity index (χ3n) is 3.14. The van der Waals surface area contributed by atoms with E-state index in [0.717, 1.165) is 5.56 Å². The first-order chi connectivity index (χ1) is 10.4. The predicted octanol–water partition coefficient (Wildman–Crippen LogP) is 2.72. The Balaban J connectivity index is 2.12. The molecule has 0 amide bonds. The summed E-state index contributed by atoms with van der Waals surface area (Å²) in [4.78, 5) is 11.3. The summed E-state index contributed by atoms with van der Waals surface area (Å²) in [5, 5.41) is 0. The Bertz CT molecular complexity index is 767. The molecule has 0 heterocycles. The minimum Gasteiger partial charge on any atom is -0.465 e. The maximum absolute atomic E-state index is 12.2. The maximum atomic E-state index is 12.2. The van der Waals surface area contributed by atoms with E-state index in [1.54, 1.807) is 36.4 Å². The van der Waals surface area contributed by atoms with Gasteiger partial charge in [0.15, 0.2) is 0 Å². The zero-order valence-electron chi connectivity index (χ0n) is 12.4. The zero-order chi connectivity index (χ0) is 16.2. The molecule has 0 atom stereocenters. The van der Waals surface area contributed by atoms with E-state index in [9.17, 15) is 13.2 Å². The molecule has 5 nitrogen and oxygen atoms in total. The number of hydrogen-bond donors (Lipinski definition) is 1. The number of sulfonamides is 1. The van der Waals surface area contributed by atoms with Crippen LogP contribution in [0.5, 0.6) is 0 Å². The van der Waals surface area contributed by atoms with Gasteiger partial charge in [0.05, 0.1) is 24.1 Å². The molecule has 0 aliphatic rings. The van der Waals surface area contributed by atoms with Gasteiger partial charge in [-0.3, -0.25) is 4.72 Å². The van der Waals surface area contributed by atoms with Crippen LogP contribution in [-0.4, -0.2) is 21.5 Å². The van der Waals surface area contributed by atoms with Crippen LogP contribution < -0.4 is 4.72 Å². The second-order valence-electron chi connectivity index (χ2n) is 4.86. The fourth-order valence-electron chi connectivity index (χ4n) is 1.97. The number of anilines is 1. The molecule has 0 aliphatic carbocycles. The van der Waals surface area contributed by atoms with Gasteiger partial charge in [0.25, 0.3) is 0 Å². The Morgan fingerprint density at radius 1 is 1.09 bits per heavy atom. The number of carbonyl (C=O) groups excluding carboxylic acids is 1. The van der Waals surface area contributed by atoms with Gasteiger partial charge in [0, 0.05) is 0 Å². The summed E-state index contributed by atoms with van der Waals surface area (Å²) in [6.45, 7) is 1.84. The molecule has 0 saturated heterocycles. The zero-order valence-corrected chi connectivity index (χ0v) is 13.2. The topological polar surface area (TPSA) is 72.5 Å². The van der Waals surface area contributed by atoms with Crippen molar-refractivity contribution in [3.63, 3.8) is 0 Å². The maximum Gasteiger partial charge on any atom is 0.337 e. The smallest absolute Gasteiger partial charge is 0.337 e. The Morgan fingerprint density at radius 3 is 2.32 bits per heavy atom. The highest BCUT2D eigenvalue weighted by Gasteiger charge is 2.13. The van der Waals surface area contributed by atoms with E-state index in [1.807, 2.05) is 19.1 Å². The molecule has 6 heteroatoms. The molecule has 0 bridgehead atoms. The largest absolute Gasteiger partial charge is 0.465 e. The van der Waals surface area contributed by atoms with Crippen LogP contribution in [0.1, 0.15) is 21.5 Å². The van der Waals surface area contributed by atoms with Crippen molar-refractivity contribution in [2.75, 3.05) is 11.8 Å². The number of rotatable bonds is 5. The van der Waals surface area contributed by atoms with E-state index >= 15 is 0 Å². The van der Waals surface area contributed by atoms with Gasteiger partial charge in [-0.2, -0.15) is 0 Å². The van der Waals surface area contributed by atoms with Gasteiger partial charge in [-0.05, 0) is 36.2 Å².